The van der Waals surface area contributed by atoms with Crippen LogP contribution < -0.4 is 14.8 Å². The van der Waals surface area contributed by atoms with Crippen molar-refractivity contribution in [2.75, 3.05) is 20.3 Å². The van der Waals surface area contributed by atoms with Gasteiger partial charge in [0.15, 0.2) is 0 Å². The number of nitrogens with one attached hydrogen (secondary N) is 1. The molecular formula is C22H23NO2S. The molecule has 0 aliphatic rings. The third-order valence-corrected chi connectivity index (χ3v) is 5.04. The lowest BCUT2D eigenvalue weighted by Gasteiger charge is -2.12. The standard InChI is InChI=1S/C22H23NO2S/c1-24-20-12-6-8-14-22(20)26-21-13-7-5-9-18(21)17-23-15-16-25-19-10-3-2-4-11-19/h2-14,23H,15-17H2,1H3. The van der Waals surface area contributed by atoms with Crippen molar-refractivity contribution in [3.8, 4) is 11.5 Å². The zero-order valence-corrected chi connectivity index (χ0v) is 15.7. The normalized spacial score (nSPS) is 10.5. The zero-order valence-electron chi connectivity index (χ0n) is 14.9. The summed E-state index contributed by atoms with van der Waals surface area (Å²) in [5.74, 6) is 1.80. The van der Waals surface area contributed by atoms with Gasteiger partial charge in [0.25, 0.3) is 0 Å². The Morgan fingerprint density at radius 2 is 1.50 bits per heavy atom. The summed E-state index contributed by atoms with van der Waals surface area (Å²) in [5.41, 5.74) is 1.27. The number of hydrogen-bond acceptors (Lipinski definition) is 4. The van der Waals surface area contributed by atoms with Gasteiger partial charge in [-0.2, -0.15) is 0 Å². The molecule has 0 fully saturated rings. The zero-order chi connectivity index (χ0) is 18.0. The molecule has 4 heteroatoms. The Labute approximate surface area is 159 Å². The van der Waals surface area contributed by atoms with E-state index in [4.69, 9.17) is 9.47 Å². The van der Waals surface area contributed by atoms with E-state index in [9.17, 15) is 0 Å². The largest absolute Gasteiger partial charge is 0.496 e. The number of ether oxygens (including phenoxy) is 2. The molecule has 3 nitrogen and oxygen atoms in total. The molecule has 0 aliphatic heterocycles. The predicted molar refractivity (Wildman–Crippen MR) is 107 cm³/mol. The molecule has 0 unspecified atom stereocenters. The molecule has 0 aromatic heterocycles. The smallest absolute Gasteiger partial charge is 0.132 e. The van der Waals surface area contributed by atoms with Crippen LogP contribution in [0.2, 0.25) is 0 Å². The van der Waals surface area contributed by atoms with Gasteiger partial charge in [0.1, 0.15) is 18.1 Å². The summed E-state index contributed by atoms with van der Waals surface area (Å²) in [6, 6.07) is 26.4. The first kappa shape index (κ1) is 18.4. The third-order valence-electron chi connectivity index (χ3n) is 3.87. The highest BCUT2D eigenvalue weighted by Crippen LogP contribution is 2.36. The van der Waals surface area contributed by atoms with Crippen LogP contribution in [-0.4, -0.2) is 20.3 Å². The van der Waals surface area contributed by atoms with Crippen LogP contribution >= 0.6 is 11.8 Å². The van der Waals surface area contributed by atoms with Crippen LogP contribution in [0.15, 0.2) is 88.7 Å². The lowest BCUT2D eigenvalue weighted by atomic mass is 10.2. The maximum Gasteiger partial charge on any atom is 0.132 e. The van der Waals surface area contributed by atoms with Gasteiger partial charge < -0.3 is 14.8 Å². The summed E-state index contributed by atoms with van der Waals surface area (Å²) in [7, 11) is 1.71. The van der Waals surface area contributed by atoms with Crippen LogP contribution in [0, 0.1) is 0 Å². The number of para-hydroxylation sites is 2. The monoisotopic (exact) mass is 365 g/mol. The quantitative estimate of drug-likeness (QED) is 0.540. The van der Waals surface area contributed by atoms with E-state index in [0.717, 1.165) is 29.5 Å². The van der Waals surface area contributed by atoms with Crippen LogP contribution in [0.3, 0.4) is 0 Å². The van der Waals surface area contributed by atoms with Crippen molar-refractivity contribution >= 4 is 11.8 Å². The molecule has 0 saturated carbocycles. The summed E-state index contributed by atoms with van der Waals surface area (Å²) >= 11 is 1.73. The maximum atomic E-state index is 5.72. The van der Waals surface area contributed by atoms with Gasteiger partial charge in [0.05, 0.1) is 12.0 Å². The van der Waals surface area contributed by atoms with Crippen LogP contribution in [0.25, 0.3) is 0 Å². The van der Waals surface area contributed by atoms with Crippen molar-refractivity contribution in [2.45, 2.75) is 16.3 Å². The van der Waals surface area contributed by atoms with Crippen LogP contribution in [0.1, 0.15) is 5.56 Å². The van der Waals surface area contributed by atoms with Crippen molar-refractivity contribution in [1.82, 2.24) is 5.32 Å². The minimum Gasteiger partial charge on any atom is -0.496 e. The molecule has 0 heterocycles. The van der Waals surface area contributed by atoms with Gasteiger partial charge in [0, 0.05) is 18.0 Å². The van der Waals surface area contributed by atoms with Crippen LogP contribution in [0.4, 0.5) is 0 Å². The molecule has 26 heavy (non-hydrogen) atoms. The molecule has 0 spiro atoms. The van der Waals surface area contributed by atoms with Crippen LogP contribution in [-0.2, 0) is 6.54 Å². The number of hydrogen-bond donors (Lipinski definition) is 1. The Morgan fingerprint density at radius 1 is 0.808 bits per heavy atom. The fraction of sp³-hybridized carbons (Fsp3) is 0.182. The van der Waals surface area contributed by atoms with Crippen molar-refractivity contribution in [1.29, 1.82) is 0 Å². The molecule has 134 valence electrons. The summed E-state index contributed by atoms with van der Waals surface area (Å²) in [5, 5.41) is 3.46. The molecule has 3 rings (SSSR count). The Balaban J connectivity index is 1.54. The van der Waals surface area contributed by atoms with Gasteiger partial charge in [-0.3, -0.25) is 0 Å². The molecule has 0 amide bonds. The summed E-state index contributed by atoms with van der Waals surface area (Å²) < 4.78 is 11.2. The van der Waals surface area contributed by atoms with E-state index in [1.807, 2.05) is 48.5 Å². The Hall–Kier alpha value is -2.43. The minimum atomic E-state index is 0.645. The first-order valence-corrected chi connectivity index (χ1v) is 9.46. The number of rotatable bonds is 9. The molecule has 1 N–H and O–H groups in total. The summed E-state index contributed by atoms with van der Waals surface area (Å²) in [6.45, 7) is 2.24. The average Bonchev–Trinajstić information content (AvgIpc) is 2.70. The molecular weight excluding hydrogens is 342 g/mol. The van der Waals surface area contributed by atoms with Crippen molar-refractivity contribution in [3.05, 3.63) is 84.4 Å². The van der Waals surface area contributed by atoms with Gasteiger partial charge in [-0.05, 0) is 35.9 Å². The minimum absolute atomic E-state index is 0.645. The molecule has 0 aliphatic carbocycles. The van der Waals surface area contributed by atoms with E-state index in [-0.39, 0.29) is 0 Å². The summed E-state index contributed by atoms with van der Waals surface area (Å²) in [4.78, 5) is 2.35. The molecule has 0 saturated heterocycles. The molecule has 3 aromatic carbocycles. The second-order valence-corrected chi connectivity index (χ2v) is 6.78. The van der Waals surface area contributed by atoms with Gasteiger partial charge in [-0.15, -0.1) is 0 Å². The van der Waals surface area contributed by atoms with Gasteiger partial charge >= 0.3 is 0 Å². The van der Waals surface area contributed by atoms with Crippen molar-refractivity contribution < 1.29 is 9.47 Å². The first-order valence-electron chi connectivity index (χ1n) is 8.64. The van der Waals surface area contributed by atoms with Gasteiger partial charge in [-0.1, -0.05) is 60.3 Å². The van der Waals surface area contributed by atoms with Crippen LogP contribution in [0.5, 0.6) is 11.5 Å². The lowest BCUT2D eigenvalue weighted by Crippen LogP contribution is -2.20. The molecule has 3 aromatic rings. The Morgan fingerprint density at radius 3 is 2.31 bits per heavy atom. The van der Waals surface area contributed by atoms with E-state index in [2.05, 4.69) is 35.6 Å². The summed E-state index contributed by atoms with van der Waals surface area (Å²) in [6.07, 6.45) is 0. The van der Waals surface area contributed by atoms with E-state index in [0.29, 0.717) is 6.61 Å². The van der Waals surface area contributed by atoms with E-state index < -0.39 is 0 Å². The molecule has 0 bridgehead atoms. The van der Waals surface area contributed by atoms with E-state index in [1.54, 1.807) is 18.9 Å². The number of methoxy groups -OCH3 is 1. The fourth-order valence-electron chi connectivity index (χ4n) is 2.55. The van der Waals surface area contributed by atoms with Gasteiger partial charge in [-0.25, -0.2) is 0 Å². The Bertz CT molecular complexity index is 808. The highest BCUT2D eigenvalue weighted by Gasteiger charge is 2.07. The van der Waals surface area contributed by atoms with Crippen molar-refractivity contribution in [2.24, 2.45) is 0 Å². The molecule has 0 atom stereocenters. The maximum absolute atomic E-state index is 5.72. The Kier molecular flexibility index (Phi) is 6.99. The first-order chi connectivity index (χ1) is 12.9. The SMILES string of the molecule is COc1ccccc1Sc1ccccc1CNCCOc1ccccc1. The number of benzene rings is 3. The van der Waals surface area contributed by atoms with E-state index >= 15 is 0 Å². The van der Waals surface area contributed by atoms with Crippen molar-refractivity contribution in [3.63, 3.8) is 0 Å². The van der Waals surface area contributed by atoms with E-state index in [1.165, 1.54) is 10.5 Å². The second-order valence-electron chi connectivity index (χ2n) is 5.70. The molecule has 0 radical (unpaired) electrons. The highest BCUT2D eigenvalue weighted by atomic mass is 32.2. The fourth-order valence-corrected chi connectivity index (χ4v) is 3.61. The lowest BCUT2D eigenvalue weighted by molar-refractivity contribution is 0.313. The second kappa shape index (κ2) is 9.90. The average molecular weight is 365 g/mol. The topological polar surface area (TPSA) is 30.5 Å². The third kappa shape index (κ3) is 5.28. The van der Waals surface area contributed by atoms with Gasteiger partial charge in [0.2, 0.25) is 0 Å². The highest BCUT2D eigenvalue weighted by molar-refractivity contribution is 7.99. The predicted octanol–water partition coefficient (Wildman–Crippen LogP) is 5.02.